The fourth-order valence-electron chi connectivity index (χ4n) is 0.230. The molecule has 0 bridgehead atoms. The fourth-order valence-corrected chi connectivity index (χ4v) is 0.230. The van der Waals surface area contributed by atoms with E-state index in [4.69, 9.17) is 10.2 Å². The summed E-state index contributed by atoms with van der Waals surface area (Å²) in [6, 6.07) is 0. The zero-order valence-corrected chi connectivity index (χ0v) is 4.92. The van der Waals surface area contributed by atoms with Crippen LogP contribution in [0.2, 0.25) is 0 Å². The van der Waals surface area contributed by atoms with E-state index in [0.717, 1.165) is 0 Å². The number of carboxylic acid groups (broad SMARTS) is 1. The summed E-state index contributed by atoms with van der Waals surface area (Å²) in [4.78, 5) is 9.93. The van der Waals surface area contributed by atoms with Crippen LogP contribution in [0.3, 0.4) is 0 Å². The Kier molecular flexibility index (Phi) is 2.67. The van der Waals surface area contributed by atoms with E-state index in [1.54, 1.807) is 0 Å². The SMILES string of the molecule is N[C@@](CO)(C(=O)O)C(F)F. The molecule has 0 aromatic rings. The van der Waals surface area contributed by atoms with Crippen LogP contribution in [0.15, 0.2) is 0 Å². The van der Waals surface area contributed by atoms with Crippen molar-refractivity contribution in [3.05, 3.63) is 0 Å². The van der Waals surface area contributed by atoms with Gasteiger partial charge in [-0.25, -0.2) is 13.6 Å². The number of alkyl halides is 2. The molecule has 0 heterocycles. The third kappa shape index (κ3) is 1.39. The van der Waals surface area contributed by atoms with E-state index in [2.05, 4.69) is 5.73 Å². The smallest absolute Gasteiger partial charge is 0.332 e. The molecule has 0 spiro atoms. The first-order chi connectivity index (χ1) is 4.45. The van der Waals surface area contributed by atoms with E-state index < -0.39 is 24.5 Å². The first-order valence-electron chi connectivity index (χ1n) is 2.36. The number of aliphatic hydroxyl groups excluding tert-OH is 1. The number of halogens is 2. The average Bonchev–Trinajstić information content (AvgIpc) is 1.85. The van der Waals surface area contributed by atoms with Gasteiger partial charge in [0, 0.05) is 0 Å². The highest BCUT2D eigenvalue weighted by atomic mass is 19.3. The molecule has 1 atom stereocenters. The Bertz CT molecular complexity index is 140. The minimum atomic E-state index is -3.27. The molecule has 0 amide bonds. The Hall–Kier alpha value is -0.750. The molecule has 0 aromatic heterocycles. The van der Waals surface area contributed by atoms with E-state index in [1.165, 1.54) is 0 Å². The molecule has 0 aliphatic carbocycles. The summed E-state index contributed by atoms with van der Waals surface area (Å²) < 4.78 is 23.3. The monoisotopic (exact) mass is 155 g/mol. The number of hydrogen-bond donors (Lipinski definition) is 3. The van der Waals surface area contributed by atoms with E-state index in [9.17, 15) is 13.6 Å². The van der Waals surface area contributed by atoms with Crippen LogP contribution in [0.4, 0.5) is 8.78 Å². The molecule has 0 saturated carbocycles. The minimum absolute atomic E-state index is 1.28. The number of aliphatic carboxylic acids is 1. The van der Waals surface area contributed by atoms with E-state index in [1.807, 2.05) is 0 Å². The molecule has 0 unspecified atom stereocenters. The number of rotatable bonds is 3. The lowest BCUT2D eigenvalue weighted by molar-refractivity contribution is -0.152. The Morgan fingerprint density at radius 3 is 2.10 bits per heavy atom. The van der Waals surface area contributed by atoms with Crippen molar-refractivity contribution in [2.24, 2.45) is 5.73 Å². The summed E-state index contributed by atoms with van der Waals surface area (Å²) in [6.45, 7) is -1.28. The highest BCUT2D eigenvalue weighted by Gasteiger charge is 2.43. The van der Waals surface area contributed by atoms with Crippen LogP contribution < -0.4 is 5.73 Å². The normalized spacial score (nSPS) is 16.9. The lowest BCUT2D eigenvalue weighted by Crippen LogP contribution is -2.57. The Labute approximate surface area is 55.3 Å². The van der Waals surface area contributed by atoms with Crippen LogP contribution >= 0.6 is 0 Å². The maximum absolute atomic E-state index is 11.7. The molecule has 4 N–H and O–H groups in total. The second-order valence-corrected chi connectivity index (χ2v) is 1.80. The highest BCUT2D eigenvalue weighted by molar-refractivity contribution is 5.79. The van der Waals surface area contributed by atoms with Gasteiger partial charge in [-0.3, -0.25) is 0 Å². The summed E-state index contributed by atoms with van der Waals surface area (Å²) in [7, 11) is 0. The van der Waals surface area contributed by atoms with Crippen molar-refractivity contribution in [2.45, 2.75) is 12.0 Å². The van der Waals surface area contributed by atoms with Gasteiger partial charge >= 0.3 is 5.97 Å². The van der Waals surface area contributed by atoms with Gasteiger partial charge in [-0.2, -0.15) is 0 Å². The maximum Gasteiger partial charge on any atom is 0.332 e. The van der Waals surface area contributed by atoms with Crippen molar-refractivity contribution >= 4 is 5.97 Å². The molecule has 0 aliphatic heterocycles. The van der Waals surface area contributed by atoms with E-state index in [-0.39, 0.29) is 0 Å². The summed E-state index contributed by atoms with van der Waals surface area (Å²) in [6.07, 6.45) is -3.27. The predicted octanol–water partition coefficient (Wildman–Crippen LogP) is -0.974. The van der Waals surface area contributed by atoms with Gasteiger partial charge in [0.15, 0.2) is 5.54 Å². The second kappa shape index (κ2) is 2.89. The summed E-state index contributed by atoms with van der Waals surface area (Å²) in [5.74, 6) is -1.91. The molecule has 6 heteroatoms. The van der Waals surface area contributed by atoms with Gasteiger partial charge in [0.05, 0.1) is 6.61 Å². The number of hydrogen-bond acceptors (Lipinski definition) is 3. The molecule has 4 nitrogen and oxygen atoms in total. The minimum Gasteiger partial charge on any atom is -0.480 e. The zero-order valence-electron chi connectivity index (χ0n) is 4.92. The molecular formula is C4H7F2NO3. The van der Waals surface area contributed by atoms with Crippen molar-refractivity contribution < 1.29 is 23.8 Å². The Morgan fingerprint density at radius 2 is 2.10 bits per heavy atom. The van der Waals surface area contributed by atoms with Crippen LogP contribution in [0, 0.1) is 0 Å². The van der Waals surface area contributed by atoms with Crippen LogP contribution in [0.1, 0.15) is 0 Å². The fraction of sp³-hybridized carbons (Fsp3) is 0.750. The average molecular weight is 155 g/mol. The largest absolute Gasteiger partial charge is 0.480 e. The number of nitrogens with two attached hydrogens (primary N) is 1. The quantitative estimate of drug-likeness (QED) is 0.489. The van der Waals surface area contributed by atoms with Crippen molar-refractivity contribution in [3.63, 3.8) is 0 Å². The van der Waals surface area contributed by atoms with Crippen LogP contribution in [-0.4, -0.2) is 34.8 Å². The third-order valence-corrected chi connectivity index (χ3v) is 1.05. The van der Waals surface area contributed by atoms with Crippen molar-refractivity contribution in [1.82, 2.24) is 0 Å². The first kappa shape index (κ1) is 9.25. The van der Waals surface area contributed by atoms with Gasteiger partial charge in [0.1, 0.15) is 0 Å². The van der Waals surface area contributed by atoms with Crippen LogP contribution in [0.5, 0.6) is 0 Å². The molecule has 0 aromatic carbocycles. The van der Waals surface area contributed by atoms with Gasteiger partial charge in [-0.15, -0.1) is 0 Å². The van der Waals surface area contributed by atoms with Gasteiger partial charge in [-0.1, -0.05) is 0 Å². The number of aliphatic hydroxyl groups is 1. The molecule has 0 aliphatic rings. The van der Waals surface area contributed by atoms with Crippen molar-refractivity contribution in [3.8, 4) is 0 Å². The summed E-state index contributed by atoms with van der Waals surface area (Å²) in [5.41, 5.74) is 1.76. The maximum atomic E-state index is 11.7. The molecule has 10 heavy (non-hydrogen) atoms. The molecule has 0 saturated heterocycles. The van der Waals surface area contributed by atoms with E-state index >= 15 is 0 Å². The Morgan fingerprint density at radius 1 is 1.70 bits per heavy atom. The molecule has 60 valence electrons. The van der Waals surface area contributed by atoms with Crippen molar-refractivity contribution in [1.29, 1.82) is 0 Å². The van der Waals surface area contributed by atoms with Gasteiger partial charge in [-0.05, 0) is 0 Å². The lowest BCUT2D eigenvalue weighted by atomic mass is 10.0. The highest BCUT2D eigenvalue weighted by Crippen LogP contribution is 2.11. The predicted molar refractivity (Wildman–Crippen MR) is 27.6 cm³/mol. The van der Waals surface area contributed by atoms with Gasteiger partial charge < -0.3 is 15.9 Å². The standard InChI is InChI=1S/C4H7F2NO3/c5-2(6)4(7,1-8)3(9)10/h2,8H,1,7H2,(H,9,10)/t4-/m1/s1. The van der Waals surface area contributed by atoms with Crippen LogP contribution in [-0.2, 0) is 4.79 Å². The lowest BCUT2D eigenvalue weighted by Gasteiger charge is -2.19. The van der Waals surface area contributed by atoms with Gasteiger partial charge in [0.2, 0.25) is 0 Å². The molecule has 0 radical (unpaired) electrons. The second-order valence-electron chi connectivity index (χ2n) is 1.80. The first-order valence-corrected chi connectivity index (χ1v) is 2.36. The third-order valence-electron chi connectivity index (χ3n) is 1.05. The molecule has 0 rings (SSSR count). The topological polar surface area (TPSA) is 83.5 Å². The van der Waals surface area contributed by atoms with Gasteiger partial charge in [0.25, 0.3) is 6.43 Å². The zero-order chi connectivity index (χ0) is 8.36. The molecule has 0 fully saturated rings. The summed E-state index contributed by atoms with van der Waals surface area (Å²) in [5, 5.41) is 16.2. The summed E-state index contributed by atoms with van der Waals surface area (Å²) >= 11 is 0. The molecular weight excluding hydrogens is 148 g/mol. The van der Waals surface area contributed by atoms with Crippen LogP contribution in [0.25, 0.3) is 0 Å². The Balaban J connectivity index is 4.38. The number of carbonyl (C=O) groups is 1. The van der Waals surface area contributed by atoms with E-state index in [0.29, 0.717) is 0 Å². The number of carboxylic acids is 1. The van der Waals surface area contributed by atoms with Crippen molar-refractivity contribution in [2.75, 3.05) is 6.61 Å².